The van der Waals surface area contributed by atoms with Gasteiger partial charge >= 0.3 is 18.4 Å². The summed E-state index contributed by atoms with van der Waals surface area (Å²) in [5.41, 5.74) is 4.84. The third-order valence-corrected chi connectivity index (χ3v) is 8.50. The average molecular weight is 694 g/mol. The van der Waals surface area contributed by atoms with Crippen molar-refractivity contribution in [2.75, 3.05) is 5.32 Å². The lowest BCUT2D eigenvalue weighted by Crippen LogP contribution is -2.32. The predicted molar refractivity (Wildman–Crippen MR) is 178 cm³/mol. The van der Waals surface area contributed by atoms with E-state index < -0.39 is 47.1 Å². The van der Waals surface area contributed by atoms with Gasteiger partial charge in [0.05, 0.1) is 5.69 Å². The minimum absolute atomic E-state index is 0.0140. The third kappa shape index (κ3) is 8.36. The van der Waals surface area contributed by atoms with E-state index in [-0.39, 0.29) is 29.6 Å². The van der Waals surface area contributed by atoms with Crippen LogP contribution in [-0.4, -0.2) is 44.7 Å². The molecule has 5 N–H and O–H groups in total. The summed E-state index contributed by atoms with van der Waals surface area (Å²) in [6.45, 7) is 6.89. The fourth-order valence-electron chi connectivity index (χ4n) is 6.06. The largest absolute Gasteiger partial charge is 0.508 e. The van der Waals surface area contributed by atoms with E-state index in [1.54, 1.807) is 82.3 Å². The van der Waals surface area contributed by atoms with Crippen molar-refractivity contribution in [2.45, 2.75) is 70.9 Å². The summed E-state index contributed by atoms with van der Waals surface area (Å²) in [6.07, 6.45) is -6.09. The molecule has 0 spiro atoms. The molecule has 14 heteroatoms. The van der Waals surface area contributed by atoms with Gasteiger partial charge in [0.1, 0.15) is 23.1 Å². The van der Waals surface area contributed by atoms with Crippen LogP contribution in [0.3, 0.4) is 0 Å². The highest BCUT2D eigenvalue weighted by Crippen LogP contribution is 2.64. The Morgan fingerprint density at radius 1 is 1.04 bits per heavy atom. The van der Waals surface area contributed by atoms with Crippen LogP contribution in [0.5, 0.6) is 5.75 Å². The maximum absolute atomic E-state index is 13.8. The van der Waals surface area contributed by atoms with Crippen LogP contribution in [0.2, 0.25) is 0 Å². The van der Waals surface area contributed by atoms with Crippen LogP contribution in [0.1, 0.15) is 72.9 Å². The molecule has 0 saturated heterocycles. The lowest BCUT2D eigenvalue weighted by atomic mass is 9.86. The van der Waals surface area contributed by atoms with Gasteiger partial charge in [-0.1, -0.05) is 42.5 Å². The first-order chi connectivity index (χ1) is 23.4. The minimum atomic E-state index is -4.83. The van der Waals surface area contributed by atoms with E-state index in [4.69, 9.17) is 15.2 Å². The number of phenolic OH excluding ortho intramolecular Hbond substituents is 1. The number of ether oxygens (including phenoxy) is 2. The first kappa shape index (κ1) is 35.8. The van der Waals surface area contributed by atoms with Crippen LogP contribution in [0.15, 0.2) is 78.9 Å². The van der Waals surface area contributed by atoms with Crippen molar-refractivity contribution < 1.29 is 42.1 Å². The van der Waals surface area contributed by atoms with Gasteiger partial charge in [-0.05, 0) is 93.5 Å². The smallest absolute Gasteiger partial charge is 0.435 e. The second-order valence-corrected chi connectivity index (χ2v) is 13.3. The Hall–Kier alpha value is -5.53. The van der Waals surface area contributed by atoms with Gasteiger partial charge in [0, 0.05) is 23.7 Å². The molecule has 11 nitrogen and oxygen atoms in total. The zero-order chi connectivity index (χ0) is 36.4. The number of aromatic hydroxyl groups is 1. The van der Waals surface area contributed by atoms with Gasteiger partial charge in [-0.15, -0.1) is 0 Å². The molecular weight excluding hydrogens is 655 g/mol. The van der Waals surface area contributed by atoms with E-state index in [9.17, 15) is 32.7 Å². The molecule has 3 amide bonds. The highest BCUT2D eigenvalue weighted by atomic mass is 19.4. The van der Waals surface area contributed by atoms with Crippen molar-refractivity contribution in [3.8, 4) is 11.4 Å². The Morgan fingerprint density at radius 2 is 1.76 bits per heavy atom. The number of hydrogen-bond acceptors (Lipinski definition) is 7. The number of alkyl halides is 3. The molecule has 1 aliphatic rings. The number of benzene rings is 3. The van der Waals surface area contributed by atoms with Gasteiger partial charge in [0.2, 0.25) is 0 Å². The molecule has 0 bridgehead atoms. The molecule has 1 fully saturated rings. The Balaban J connectivity index is 1.39. The maximum Gasteiger partial charge on any atom is 0.435 e. The van der Waals surface area contributed by atoms with Crippen LogP contribution >= 0.6 is 0 Å². The van der Waals surface area contributed by atoms with Crippen molar-refractivity contribution >= 4 is 23.8 Å². The fraction of sp³-hybridized carbons (Fsp3) is 0.333. The Morgan fingerprint density at radius 3 is 2.44 bits per heavy atom. The number of halogens is 3. The van der Waals surface area contributed by atoms with Crippen LogP contribution in [0.25, 0.3) is 5.69 Å². The summed E-state index contributed by atoms with van der Waals surface area (Å²) in [7, 11) is 0. The number of nitrogens with zero attached hydrogens (tertiary/aromatic N) is 2. The van der Waals surface area contributed by atoms with Crippen LogP contribution in [0, 0.1) is 5.41 Å². The molecule has 4 aromatic rings. The number of rotatable bonds is 10. The highest BCUT2D eigenvalue weighted by Gasteiger charge is 2.59. The van der Waals surface area contributed by atoms with Crippen molar-refractivity contribution in [3.05, 3.63) is 107 Å². The number of para-hydroxylation sites is 1. The predicted octanol–water partition coefficient (Wildman–Crippen LogP) is 7.07. The molecule has 0 aliphatic heterocycles. The monoisotopic (exact) mass is 693 g/mol. The van der Waals surface area contributed by atoms with Crippen molar-refractivity contribution in [1.29, 1.82) is 0 Å². The molecule has 50 heavy (non-hydrogen) atoms. The average Bonchev–Trinajstić information content (AvgIpc) is 3.57. The molecule has 5 rings (SSSR count). The number of carbonyl (C=O) groups excluding carboxylic acids is 3. The number of nitrogens with two attached hydrogens (primary N) is 1. The molecule has 0 radical (unpaired) electrons. The third-order valence-electron chi connectivity index (χ3n) is 8.50. The molecular formula is C36H38F3N5O6. The molecule has 1 heterocycles. The van der Waals surface area contributed by atoms with Crippen molar-refractivity contribution in [2.24, 2.45) is 11.1 Å². The summed E-state index contributed by atoms with van der Waals surface area (Å²) in [6, 6.07) is 20.6. The number of alkyl carbamates (subject to hydrolysis) is 1. The van der Waals surface area contributed by atoms with E-state index in [0.29, 0.717) is 35.7 Å². The molecule has 3 aromatic carbocycles. The van der Waals surface area contributed by atoms with E-state index in [2.05, 4.69) is 15.7 Å². The van der Waals surface area contributed by atoms with Gasteiger partial charge in [-0.3, -0.25) is 4.79 Å². The summed E-state index contributed by atoms with van der Waals surface area (Å²) < 4.78 is 53.0. The van der Waals surface area contributed by atoms with Crippen LogP contribution < -0.4 is 16.4 Å². The van der Waals surface area contributed by atoms with Gasteiger partial charge in [-0.2, -0.15) is 18.3 Å². The second kappa shape index (κ2) is 13.8. The molecule has 1 aromatic heterocycles. The van der Waals surface area contributed by atoms with Gasteiger partial charge in [0.15, 0.2) is 5.69 Å². The zero-order valence-electron chi connectivity index (χ0n) is 27.9. The van der Waals surface area contributed by atoms with Gasteiger partial charge in [0.25, 0.3) is 5.91 Å². The van der Waals surface area contributed by atoms with Crippen LogP contribution in [-0.2, 0) is 28.6 Å². The summed E-state index contributed by atoms with van der Waals surface area (Å²) in [4.78, 5) is 37.4. The van der Waals surface area contributed by atoms with E-state index >= 15 is 0 Å². The molecule has 1 saturated carbocycles. The summed E-state index contributed by atoms with van der Waals surface area (Å²) in [5.74, 6) is -0.902. The zero-order valence-corrected chi connectivity index (χ0v) is 27.9. The van der Waals surface area contributed by atoms with Crippen LogP contribution in [0.4, 0.5) is 28.4 Å². The highest BCUT2D eigenvalue weighted by molar-refractivity contribution is 6.03. The number of phenols is 1. The summed E-state index contributed by atoms with van der Waals surface area (Å²) in [5, 5.41) is 19.5. The number of carbonyl (C=O) groups is 3. The number of primary amides is 1. The van der Waals surface area contributed by atoms with Gasteiger partial charge in [-0.25, -0.2) is 14.3 Å². The number of nitrogens with one attached hydrogen (secondary N) is 2. The van der Waals surface area contributed by atoms with Crippen molar-refractivity contribution in [1.82, 2.24) is 15.1 Å². The van der Waals surface area contributed by atoms with E-state index in [0.717, 1.165) is 10.2 Å². The number of anilines is 1. The standard InChI is InChI=1S/C36H38F3N5O6/c1-21(49-32(40)47)35(18-24-10-5-6-14-29(24)45)19-27(35)23-11-8-12-25(16-23)42-31(46)28-17-30(36(37,38)39)43-44(28)26-13-7-9-22(15-26)20-41-33(48)50-34(2,3)4/h5-17,21,27,45H,18-20H2,1-4H3,(H2,40,47)(H,41,48)(H,42,46). The normalized spacial score (nSPS) is 17.8. The lowest BCUT2D eigenvalue weighted by Gasteiger charge is -2.25. The molecule has 3 atom stereocenters. The van der Waals surface area contributed by atoms with E-state index in [1.165, 1.54) is 12.1 Å². The Bertz CT molecular complexity index is 1900. The Labute approximate surface area is 286 Å². The summed E-state index contributed by atoms with van der Waals surface area (Å²) >= 11 is 0. The molecule has 3 unspecified atom stereocenters. The maximum atomic E-state index is 13.8. The van der Waals surface area contributed by atoms with Gasteiger partial charge < -0.3 is 30.9 Å². The molecule has 264 valence electrons. The second-order valence-electron chi connectivity index (χ2n) is 13.3. The lowest BCUT2D eigenvalue weighted by molar-refractivity contribution is -0.141. The molecule has 1 aliphatic carbocycles. The number of amides is 3. The Kier molecular flexibility index (Phi) is 9.85. The quantitative estimate of drug-likeness (QED) is 0.138. The van der Waals surface area contributed by atoms with E-state index in [1.807, 2.05) is 6.07 Å². The minimum Gasteiger partial charge on any atom is -0.508 e. The number of aromatic nitrogens is 2. The first-order valence-corrected chi connectivity index (χ1v) is 15.8. The number of hydrogen-bond donors (Lipinski definition) is 4. The SMILES string of the molecule is CC(OC(N)=O)C1(Cc2ccccc2O)CC1c1cccc(NC(=O)c2cc(C(F)(F)F)nn2-c2cccc(CNC(=O)OC(C)(C)C)c2)c1. The topological polar surface area (TPSA) is 158 Å². The van der Waals surface area contributed by atoms with Crippen molar-refractivity contribution in [3.63, 3.8) is 0 Å². The first-order valence-electron chi connectivity index (χ1n) is 15.8. The fourth-order valence-corrected chi connectivity index (χ4v) is 6.06.